The van der Waals surface area contributed by atoms with E-state index in [-0.39, 0.29) is 11.8 Å². The molecule has 0 aliphatic heterocycles. The first-order chi connectivity index (χ1) is 13.7. The number of nitrogens with one attached hydrogen (secondary N) is 2. The molecule has 0 saturated heterocycles. The van der Waals surface area contributed by atoms with Gasteiger partial charge in [0, 0.05) is 18.7 Å². The summed E-state index contributed by atoms with van der Waals surface area (Å²) in [7, 11) is 1.52. The van der Waals surface area contributed by atoms with Crippen LogP contribution in [0.25, 0.3) is 11.1 Å². The van der Waals surface area contributed by atoms with E-state index in [0.29, 0.717) is 30.0 Å². The summed E-state index contributed by atoms with van der Waals surface area (Å²) in [6, 6.07) is 24.4. The molecular weight excluding hydrogens is 352 g/mol. The third-order valence-electron chi connectivity index (χ3n) is 4.30. The van der Waals surface area contributed by atoms with E-state index in [9.17, 15) is 9.59 Å². The number of methoxy groups -OCH3 is 1. The molecule has 0 aliphatic rings. The minimum absolute atomic E-state index is 0.175. The zero-order chi connectivity index (χ0) is 19.8. The third-order valence-corrected chi connectivity index (χ3v) is 4.30. The fourth-order valence-corrected chi connectivity index (χ4v) is 2.83. The van der Waals surface area contributed by atoms with E-state index in [1.807, 2.05) is 42.5 Å². The molecule has 142 valence electrons. The molecule has 2 N–H and O–H groups in total. The predicted molar refractivity (Wildman–Crippen MR) is 110 cm³/mol. The Balaban J connectivity index is 1.48. The number of carbonyl (C=O) groups is 2. The highest BCUT2D eigenvalue weighted by Crippen LogP contribution is 2.19. The van der Waals surface area contributed by atoms with Gasteiger partial charge in [0.15, 0.2) is 0 Å². The molecule has 0 saturated carbocycles. The van der Waals surface area contributed by atoms with Gasteiger partial charge in [0.2, 0.25) is 0 Å². The first-order valence-electron chi connectivity index (χ1n) is 9.04. The van der Waals surface area contributed by atoms with Gasteiger partial charge in [-0.05, 0) is 35.4 Å². The third kappa shape index (κ3) is 4.76. The van der Waals surface area contributed by atoms with Crippen LogP contribution < -0.4 is 15.4 Å². The van der Waals surface area contributed by atoms with Crippen molar-refractivity contribution in [3.8, 4) is 16.9 Å². The summed E-state index contributed by atoms with van der Waals surface area (Å²) in [6.07, 6.45) is 0. The number of benzene rings is 3. The molecule has 0 spiro atoms. The van der Waals surface area contributed by atoms with Crippen LogP contribution in [0.4, 0.5) is 0 Å². The van der Waals surface area contributed by atoms with Crippen LogP contribution in [0.1, 0.15) is 20.7 Å². The van der Waals surface area contributed by atoms with E-state index >= 15 is 0 Å². The first-order valence-corrected chi connectivity index (χ1v) is 9.04. The second-order valence-electron chi connectivity index (χ2n) is 6.16. The highest BCUT2D eigenvalue weighted by molar-refractivity contribution is 5.97. The molecule has 0 aliphatic carbocycles. The van der Waals surface area contributed by atoms with Crippen LogP contribution in [0, 0.1) is 0 Å². The molecule has 28 heavy (non-hydrogen) atoms. The lowest BCUT2D eigenvalue weighted by Crippen LogP contribution is -2.34. The van der Waals surface area contributed by atoms with E-state index in [1.165, 1.54) is 7.11 Å². The minimum Gasteiger partial charge on any atom is -0.496 e. The van der Waals surface area contributed by atoms with E-state index in [4.69, 9.17) is 4.74 Å². The fraction of sp³-hybridized carbons (Fsp3) is 0.130. The van der Waals surface area contributed by atoms with Crippen LogP contribution in [0.2, 0.25) is 0 Å². The van der Waals surface area contributed by atoms with Crippen LogP contribution in [-0.4, -0.2) is 32.0 Å². The quantitative estimate of drug-likeness (QED) is 0.622. The molecular formula is C23H22N2O3. The van der Waals surface area contributed by atoms with Crippen molar-refractivity contribution in [3.05, 3.63) is 90.0 Å². The standard InChI is InChI=1S/C23H22N2O3/c1-28-21-10-6-5-9-20(21)23(27)25-16-15-24-22(26)19-13-11-18(12-14-19)17-7-3-2-4-8-17/h2-14H,15-16H2,1H3,(H,24,26)(H,25,27). The van der Waals surface area contributed by atoms with Gasteiger partial charge >= 0.3 is 0 Å². The Kier molecular flexibility index (Phi) is 6.41. The van der Waals surface area contributed by atoms with Crippen molar-refractivity contribution in [1.29, 1.82) is 0 Å². The molecule has 3 aromatic rings. The maximum atomic E-state index is 12.3. The number of carbonyl (C=O) groups excluding carboxylic acids is 2. The normalized spacial score (nSPS) is 10.2. The zero-order valence-corrected chi connectivity index (χ0v) is 15.6. The highest BCUT2D eigenvalue weighted by atomic mass is 16.5. The van der Waals surface area contributed by atoms with E-state index in [2.05, 4.69) is 10.6 Å². The molecule has 0 fully saturated rings. The van der Waals surface area contributed by atoms with Crippen molar-refractivity contribution < 1.29 is 14.3 Å². The SMILES string of the molecule is COc1ccccc1C(=O)NCCNC(=O)c1ccc(-c2ccccc2)cc1. The van der Waals surface area contributed by atoms with Crippen molar-refractivity contribution in [2.24, 2.45) is 0 Å². The van der Waals surface area contributed by atoms with Crippen LogP contribution >= 0.6 is 0 Å². The van der Waals surface area contributed by atoms with Gasteiger partial charge in [0.25, 0.3) is 11.8 Å². The summed E-state index contributed by atoms with van der Waals surface area (Å²) in [5, 5.41) is 5.59. The van der Waals surface area contributed by atoms with E-state index < -0.39 is 0 Å². The van der Waals surface area contributed by atoms with Crippen molar-refractivity contribution in [3.63, 3.8) is 0 Å². The van der Waals surface area contributed by atoms with E-state index in [0.717, 1.165) is 11.1 Å². The van der Waals surface area contributed by atoms with Gasteiger partial charge in [-0.3, -0.25) is 9.59 Å². The van der Waals surface area contributed by atoms with Gasteiger partial charge in [-0.15, -0.1) is 0 Å². The smallest absolute Gasteiger partial charge is 0.255 e. The molecule has 0 atom stereocenters. The Bertz CT molecular complexity index is 938. The average molecular weight is 374 g/mol. The lowest BCUT2D eigenvalue weighted by atomic mass is 10.0. The predicted octanol–water partition coefficient (Wildman–Crippen LogP) is 3.52. The number of ether oxygens (including phenoxy) is 1. The van der Waals surface area contributed by atoms with E-state index in [1.54, 1.807) is 36.4 Å². The summed E-state index contributed by atoms with van der Waals surface area (Å²) in [4.78, 5) is 24.5. The molecule has 0 heterocycles. The number of amides is 2. The van der Waals surface area contributed by atoms with Gasteiger partial charge < -0.3 is 15.4 Å². The zero-order valence-electron chi connectivity index (χ0n) is 15.6. The minimum atomic E-state index is -0.237. The lowest BCUT2D eigenvalue weighted by Gasteiger charge is -2.10. The summed E-state index contributed by atoms with van der Waals surface area (Å²) >= 11 is 0. The average Bonchev–Trinajstić information content (AvgIpc) is 2.77. The molecule has 3 aromatic carbocycles. The first kappa shape index (κ1) is 19.2. The summed E-state index contributed by atoms with van der Waals surface area (Å²) in [5.74, 6) is 0.104. The molecule has 2 amide bonds. The Morgan fingerprint density at radius 2 is 1.29 bits per heavy atom. The van der Waals surface area contributed by atoms with Crippen molar-refractivity contribution in [2.75, 3.05) is 20.2 Å². The Morgan fingerprint density at radius 3 is 1.96 bits per heavy atom. The second-order valence-corrected chi connectivity index (χ2v) is 6.16. The van der Waals surface area contributed by atoms with Crippen molar-refractivity contribution in [2.45, 2.75) is 0 Å². The Morgan fingerprint density at radius 1 is 0.714 bits per heavy atom. The molecule has 5 nitrogen and oxygen atoms in total. The monoisotopic (exact) mass is 374 g/mol. The number of hydrogen-bond donors (Lipinski definition) is 2. The maximum absolute atomic E-state index is 12.3. The van der Waals surface area contributed by atoms with Crippen molar-refractivity contribution >= 4 is 11.8 Å². The Labute approximate surface area is 164 Å². The largest absolute Gasteiger partial charge is 0.496 e. The van der Waals surface area contributed by atoms with Gasteiger partial charge in [-0.1, -0.05) is 54.6 Å². The number of rotatable bonds is 7. The highest BCUT2D eigenvalue weighted by Gasteiger charge is 2.11. The van der Waals surface area contributed by atoms with Crippen LogP contribution in [0.3, 0.4) is 0 Å². The topological polar surface area (TPSA) is 67.4 Å². The summed E-state index contributed by atoms with van der Waals surface area (Å²) < 4.78 is 5.18. The molecule has 0 aromatic heterocycles. The van der Waals surface area contributed by atoms with Crippen LogP contribution in [-0.2, 0) is 0 Å². The summed E-state index contributed by atoms with van der Waals surface area (Å²) in [6.45, 7) is 0.658. The molecule has 5 heteroatoms. The lowest BCUT2D eigenvalue weighted by molar-refractivity contribution is 0.0926. The van der Waals surface area contributed by atoms with Crippen molar-refractivity contribution in [1.82, 2.24) is 10.6 Å². The summed E-state index contributed by atoms with van der Waals surface area (Å²) in [5.41, 5.74) is 3.21. The Hall–Kier alpha value is -3.60. The molecule has 0 radical (unpaired) electrons. The number of hydrogen-bond acceptors (Lipinski definition) is 3. The van der Waals surface area contributed by atoms with Gasteiger partial charge in [-0.25, -0.2) is 0 Å². The maximum Gasteiger partial charge on any atom is 0.255 e. The van der Waals surface area contributed by atoms with Gasteiger partial charge in [0.1, 0.15) is 5.75 Å². The van der Waals surface area contributed by atoms with Gasteiger partial charge in [0.05, 0.1) is 12.7 Å². The van der Waals surface area contributed by atoms with Gasteiger partial charge in [-0.2, -0.15) is 0 Å². The van der Waals surface area contributed by atoms with Crippen LogP contribution in [0.5, 0.6) is 5.75 Å². The van der Waals surface area contributed by atoms with Crippen LogP contribution in [0.15, 0.2) is 78.9 Å². The molecule has 0 bridgehead atoms. The second kappa shape index (κ2) is 9.37. The molecule has 3 rings (SSSR count). The molecule has 0 unspecified atom stereocenters. The number of para-hydroxylation sites is 1. The fourth-order valence-electron chi connectivity index (χ4n) is 2.83.